The topological polar surface area (TPSA) is 20.2 Å². The van der Waals surface area contributed by atoms with Crippen LogP contribution >= 0.6 is 0 Å². The summed E-state index contributed by atoms with van der Waals surface area (Å²) in [4.78, 5) is 0. The molecular formula is C16H32NO+. The number of hydrogen-bond donors (Lipinski definition) is 1. The van der Waals surface area contributed by atoms with Crippen molar-refractivity contribution in [2.45, 2.75) is 65.5 Å². The Kier molecular flexibility index (Phi) is 5.02. The fourth-order valence-corrected chi connectivity index (χ4v) is 3.87. The number of nitrogens with zero attached hydrogens (tertiary/aromatic N) is 1. The van der Waals surface area contributed by atoms with E-state index in [1.54, 1.807) is 0 Å². The smallest absolute Gasteiger partial charge is 0.118 e. The second-order valence-corrected chi connectivity index (χ2v) is 6.36. The first-order chi connectivity index (χ1) is 8.33. The molecule has 106 valence electrons. The molecule has 0 aromatic heterocycles. The van der Waals surface area contributed by atoms with E-state index in [0.717, 1.165) is 43.4 Å². The van der Waals surface area contributed by atoms with Crippen LogP contribution in [0.15, 0.2) is 12.2 Å². The average molecular weight is 254 g/mol. The van der Waals surface area contributed by atoms with E-state index >= 15 is 0 Å². The van der Waals surface area contributed by atoms with Gasteiger partial charge in [0.05, 0.1) is 19.6 Å². The molecule has 2 unspecified atom stereocenters. The van der Waals surface area contributed by atoms with Crippen molar-refractivity contribution in [3.05, 3.63) is 12.2 Å². The van der Waals surface area contributed by atoms with Crippen molar-refractivity contribution in [2.75, 3.05) is 19.6 Å². The van der Waals surface area contributed by atoms with Crippen molar-refractivity contribution in [2.24, 2.45) is 5.92 Å². The molecule has 0 aliphatic heterocycles. The highest BCUT2D eigenvalue weighted by Gasteiger charge is 2.49. The summed E-state index contributed by atoms with van der Waals surface area (Å²) in [6.45, 7) is 18.4. The number of rotatable bonds is 5. The highest BCUT2D eigenvalue weighted by atomic mass is 16.3. The Morgan fingerprint density at radius 2 is 1.78 bits per heavy atom. The minimum Gasteiger partial charge on any atom is -0.384 e. The first-order valence-electron chi connectivity index (χ1n) is 7.56. The number of allylic oxidation sites excluding steroid dienone is 1. The first-order valence-corrected chi connectivity index (χ1v) is 7.56. The van der Waals surface area contributed by atoms with Crippen molar-refractivity contribution in [1.29, 1.82) is 0 Å². The van der Waals surface area contributed by atoms with Gasteiger partial charge in [0.1, 0.15) is 11.6 Å². The average Bonchev–Trinajstić information content (AvgIpc) is 2.33. The Bertz CT molecular complexity index is 283. The van der Waals surface area contributed by atoms with Gasteiger partial charge in [0, 0.05) is 6.42 Å². The van der Waals surface area contributed by atoms with E-state index in [1.165, 1.54) is 5.57 Å². The molecule has 1 fully saturated rings. The SMILES string of the molecule is C=C(C)C1CCC(C)(O)[C@@H]([N+](CC)(CC)CC)C1. The molecule has 3 atom stereocenters. The lowest BCUT2D eigenvalue weighted by Gasteiger charge is -2.52. The minimum atomic E-state index is -0.520. The summed E-state index contributed by atoms with van der Waals surface area (Å²) >= 11 is 0. The zero-order valence-electron chi connectivity index (χ0n) is 13.0. The van der Waals surface area contributed by atoms with Crippen LogP contribution in [0.1, 0.15) is 53.9 Å². The third-order valence-electron chi connectivity index (χ3n) is 5.47. The maximum absolute atomic E-state index is 10.8. The van der Waals surface area contributed by atoms with Crippen molar-refractivity contribution in [1.82, 2.24) is 0 Å². The Balaban J connectivity index is 3.02. The van der Waals surface area contributed by atoms with Crippen molar-refractivity contribution < 1.29 is 9.59 Å². The number of aliphatic hydroxyl groups is 1. The van der Waals surface area contributed by atoms with E-state index in [9.17, 15) is 5.11 Å². The molecule has 0 aromatic carbocycles. The van der Waals surface area contributed by atoms with Gasteiger partial charge in [-0.25, -0.2) is 0 Å². The lowest BCUT2D eigenvalue weighted by molar-refractivity contribution is -0.954. The quantitative estimate of drug-likeness (QED) is 0.589. The Morgan fingerprint density at radius 3 is 2.17 bits per heavy atom. The van der Waals surface area contributed by atoms with Gasteiger partial charge in [-0.05, 0) is 53.4 Å². The first kappa shape index (κ1) is 15.7. The third-order valence-corrected chi connectivity index (χ3v) is 5.47. The molecule has 2 nitrogen and oxygen atoms in total. The highest BCUT2D eigenvalue weighted by molar-refractivity contribution is 5.03. The zero-order valence-corrected chi connectivity index (χ0v) is 13.0. The van der Waals surface area contributed by atoms with Crippen molar-refractivity contribution in [3.63, 3.8) is 0 Å². The summed E-state index contributed by atoms with van der Waals surface area (Å²) in [5.41, 5.74) is 0.769. The van der Waals surface area contributed by atoms with Gasteiger partial charge >= 0.3 is 0 Å². The number of quaternary nitrogens is 1. The molecule has 1 saturated carbocycles. The van der Waals surface area contributed by atoms with Crippen molar-refractivity contribution in [3.8, 4) is 0 Å². The zero-order chi connectivity index (χ0) is 14.0. The van der Waals surface area contributed by atoms with Gasteiger partial charge in [-0.15, -0.1) is 0 Å². The normalized spacial score (nSPS) is 33.4. The van der Waals surface area contributed by atoms with Crippen LogP contribution in [0.2, 0.25) is 0 Å². The van der Waals surface area contributed by atoms with Gasteiger partial charge in [-0.3, -0.25) is 0 Å². The second-order valence-electron chi connectivity index (χ2n) is 6.36. The van der Waals surface area contributed by atoms with Gasteiger partial charge in [-0.2, -0.15) is 0 Å². The molecule has 2 heteroatoms. The van der Waals surface area contributed by atoms with Gasteiger partial charge in [0.25, 0.3) is 0 Å². The minimum absolute atomic E-state index is 0.355. The van der Waals surface area contributed by atoms with E-state index in [4.69, 9.17) is 0 Å². The Labute approximate surface area is 113 Å². The predicted octanol–water partition coefficient (Wildman–Crippen LogP) is 3.36. The summed E-state index contributed by atoms with van der Waals surface area (Å²) in [7, 11) is 0. The van der Waals surface area contributed by atoms with E-state index < -0.39 is 5.60 Å². The molecule has 0 aromatic rings. The van der Waals surface area contributed by atoms with Gasteiger partial charge in [0.15, 0.2) is 0 Å². The van der Waals surface area contributed by atoms with E-state index in [1.807, 2.05) is 6.92 Å². The highest BCUT2D eigenvalue weighted by Crippen LogP contribution is 2.40. The molecule has 0 saturated heterocycles. The number of hydrogen-bond acceptors (Lipinski definition) is 1. The van der Waals surface area contributed by atoms with Crippen LogP contribution in [0.25, 0.3) is 0 Å². The molecule has 18 heavy (non-hydrogen) atoms. The van der Waals surface area contributed by atoms with E-state index in [-0.39, 0.29) is 0 Å². The molecular weight excluding hydrogens is 222 g/mol. The predicted molar refractivity (Wildman–Crippen MR) is 78.5 cm³/mol. The lowest BCUT2D eigenvalue weighted by atomic mass is 9.72. The van der Waals surface area contributed by atoms with E-state index in [2.05, 4.69) is 34.3 Å². The fourth-order valence-electron chi connectivity index (χ4n) is 3.87. The Hall–Kier alpha value is -0.340. The molecule has 0 bridgehead atoms. The van der Waals surface area contributed by atoms with Gasteiger partial charge in [0.2, 0.25) is 0 Å². The molecule has 0 amide bonds. The lowest BCUT2D eigenvalue weighted by Crippen LogP contribution is -2.65. The van der Waals surface area contributed by atoms with Crippen molar-refractivity contribution >= 4 is 0 Å². The number of likely N-dealkylation sites (N-methyl/N-ethyl adjacent to an activating group) is 1. The van der Waals surface area contributed by atoms with Crippen LogP contribution in [0, 0.1) is 5.92 Å². The molecule has 0 spiro atoms. The Morgan fingerprint density at radius 1 is 1.28 bits per heavy atom. The maximum atomic E-state index is 10.8. The van der Waals surface area contributed by atoms with Crippen LogP contribution in [-0.4, -0.2) is 40.9 Å². The fraction of sp³-hybridized carbons (Fsp3) is 0.875. The molecule has 1 aliphatic carbocycles. The van der Waals surface area contributed by atoms with Crippen LogP contribution < -0.4 is 0 Å². The molecule has 0 heterocycles. The van der Waals surface area contributed by atoms with Crippen LogP contribution in [0.4, 0.5) is 0 Å². The summed E-state index contributed by atoms with van der Waals surface area (Å²) in [5, 5.41) is 10.8. The molecule has 1 aliphatic rings. The van der Waals surface area contributed by atoms with Crippen LogP contribution in [0.5, 0.6) is 0 Å². The summed E-state index contributed by atoms with van der Waals surface area (Å²) < 4.78 is 1.04. The largest absolute Gasteiger partial charge is 0.384 e. The summed E-state index contributed by atoms with van der Waals surface area (Å²) in [6, 6.07) is 0.355. The van der Waals surface area contributed by atoms with Gasteiger partial charge < -0.3 is 9.59 Å². The second kappa shape index (κ2) is 5.75. The third kappa shape index (κ3) is 2.80. The molecule has 0 radical (unpaired) electrons. The summed E-state index contributed by atoms with van der Waals surface area (Å²) in [6.07, 6.45) is 3.10. The summed E-state index contributed by atoms with van der Waals surface area (Å²) in [5.74, 6) is 0.595. The monoisotopic (exact) mass is 254 g/mol. The van der Waals surface area contributed by atoms with Crippen LogP contribution in [-0.2, 0) is 0 Å². The van der Waals surface area contributed by atoms with Crippen LogP contribution in [0.3, 0.4) is 0 Å². The standard InChI is InChI=1S/C16H32NO/c1-7-17(8-2,9-3)15-12-14(13(4)5)10-11-16(15,6)18/h14-15,18H,4,7-12H2,1-3,5-6H3/q+1/t14?,15-,16?/m0/s1. The van der Waals surface area contributed by atoms with E-state index in [0.29, 0.717) is 12.0 Å². The maximum Gasteiger partial charge on any atom is 0.118 e. The van der Waals surface area contributed by atoms with Gasteiger partial charge in [-0.1, -0.05) is 12.2 Å². The molecule has 1 N–H and O–H groups in total. The molecule has 1 rings (SSSR count).